The number of fused-ring (bicyclic) bond motifs is 1. The molecule has 1 unspecified atom stereocenters. The molecule has 0 spiro atoms. The Balaban J connectivity index is 1.67. The van der Waals surface area contributed by atoms with Crippen LogP contribution >= 0.6 is 15.9 Å². The van der Waals surface area contributed by atoms with E-state index in [9.17, 15) is 4.79 Å². The summed E-state index contributed by atoms with van der Waals surface area (Å²) < 4.78 is 15.0. The fourth-order valence-corrected chi connectivity index (χ4v) is 4.21. The molecule has 3 heterocycles. The standard InChI is InChI=1S/C18H22BrN3O4/c1-11-17-14(22(20-11)16-4-2-3-7-25-16)8-12(19)9-15(17)26-13-5-6-21(10-13)18(23)24/h8-9,13,16H,2-7,10H2,1H3,(H,23,24)/t13-,16?/m0/s1. The number of nitrogens with zero attached hydrogens (tertiary/aromatic N) is 3. The van der Waals surface area contributed by atoms with Gasteiger partial charge in [-0.2, -0.15) is 5.10 Å². The lowest BCUT2D eigenvalue weighted by atomic mass is 10.1. The van der Waals surface area contributed by atoms with Crippen molar-refractivity contribution in [2.45, 2.75) is 44.9 Å². The zero-order valence-corrected chi connectivity index (χ0v) is 16.2. The number of halogens is 1. The van der Waals surface area contributed by atoms with Gasteiger partial charge in [0, 0.05) is 24.0 Å². The number of rotatable bonds is 3. The normalized spacial score (nSPS) is 23.5. The van der Waals surface area contributed by atoms with Crippen molar-refractivity contribution in [1.82, 2.24) is 14.7 Å². The lowest BCUT2D eigenvalue weighted by molar-refractivity contribution is -0.0368. The molecule has 0 aliphatic carbocycles. The Morgan fingerprint density at radius 3 is 2.92 bits per heavy atom. The second-order valence-electron chi connectivity index (χ2n) is 6.91. The molecule has 0 radical (unpaired) electrons. The van der Waals surface area contributed by atoms with E-state index < -0.39 is 6.09 Å². The highest BCUT2D eigenvalue weighted by Crippen LogP contribution is 2.36. The number of amides is 1. The first-order chi connectivity index (χ1) is 12.5. The zero-order chi connectivity index (χ0) is 18.3. The third-order valence-electron chi connectivity index (χ3n) is 5.05. The van der Waals surface area contributed by atoms with E-state index in [-0.39, 0.29) is 12.3 Å². The molecule has 1 aromatic heterocycles. The third-order valence-corrected chi connectivity index (χ3v) is 5.51. The van der Waals surface area contributed by atoms with Gasteiger partial charge in [-0.25, -0.2) is 9.48 Å². The van der Waals surface area contributed by atoms with Crippen molar-refractivity contribution in [2.24, 2.45) is 0 Å². The monoisotopic (exact) mass is 423 g/mol. The van der Waals surface area contributed by atoms with Crippen LogP contribution in [-0.4, -0.2) is 51.7 Å². The van der Waals surface area contributed by atoms with E-state index in [2.05, 4.69) is 15.9 Å². The summed E-state index contributed by atoms with van der Waals surface area (Å²) in [6, 6.07) is 3.98. The lowest BCUT2D eigenvalue weighted by Gasteiger charge is -2.23. The summed E-state index contributed by atoms with van der Waals surface area (Å²) >= 11 is 3.57. The molecule has 8 heteroatoms. The van der Waals surface area contributed by atoms with Gasteiger partial charge in [-0.1, -0.05) is 15.9 Å². The topological polar surface area (TPSA) is 76.8 Å². The Hall–Kier alpha value is -1.80. The molecule has 1 aromatic carbocycles. The first-order valence-electron chi connectivity index (χ1n) is 8.97. The average molecular weight is 424 g/mol. The quantitative estimate of drug-likeness (QED) is 0.808. The van der Waals surface area contributed by atoms with Gasteiger partial charge in [0.15, 0.2) is 6.23 Å². The van der Waals surface area contributed by atoms with Gasteiger partial charge in [-0.3, -0.25) is 0 Å². The Morgan fingerprint density at radius 2 is 2.23 bits per heavy atom. The minimum Gasteiger partial charge on any atom is -0.488 e. The Labute approximate surface area is 160 Å². The predicted molar refractivity (Wildman–Crippen MR) is 99.6 cm³/mol. The van der Waals surface area contributed by atoms with Crippen molar-refractivity contribution >= 4 is 32.9 Å². The van der Waals surface area contributed by atoms with Gasteiger partial charge in [0.05, 0.1) is 23.1 Å². The van der Waals surface area contributed by atoms with Crippen molar-refractivity contribution < 1.29 is 19.4 Å². The number of aryl methyl sites for hydroxylation is 1. The molecule has 2 aliphatic rings. The molecule has 2 fully saturated rings. The van der Waals surface area contributed by atoms with Crippen LogP contribution in [0.2, 0.25) is 0 Å². The van der Waals surface area contributed by atoms with Gasteiger partial charge >= 0.3 is 6.09 Å². The van der Waals surface area contributed by atoms with Gasteiger partial charge in [0.25, 0.3) is 0 Å². The Bertz CT molecular complexity index is 831. The molecule has 2 aliphatic heterocycles. The maximum absolute atomic E-state index is 11.1. The summed E-state index contributed by atoms with van der Waals surface area (Å²) in [5.41, 5.74) is 1.87. The molecule has 0 bridgehead atoms. The number of aromatic nitrogens is 2. The molecular weight excluding hydrogens is 402 g/mol. The number of hydrogen-bond acceptors (Lipinski definition) is 4. The molecule has 2 atom stereocenters. The SMILES string of the molecule is Cc1nn(C2CCCCO2)c2cc(Br)cc(O[C@H]3CCN(C(=O)O)C3)c12. The summed E-state index contributed by atoms with van der Waals surface area (Å²) in [5, 5.41) is 14.8. The second-order valence-corrected chi connectivity index (χ2v) is 7.82. The van der Waals surface area contributed by atoms with Crippen LogP contribution in [0.15, 0.2) is 16.6 Å². The molecular formula is C18H22BrN3O4. The fourth-order valence-electron chi connectivity index (χ4n) is 3.78. The maximum atomic E-state index is 11.1. The Kier molecular flexibility index (Phi) is 4.79. The number of ether oxygens (including phenoxy) is 2. The van der Waals surface area contributed by atoms with Crippen LogP contribution < -0.4 is 4.74 Å². The first-order valence-corrected chi connectivity index (χ1v) is 9.76. The van der Waals surface area contributed by atoms with Crippen molar-refractivity contribution in [3.63, 3.8) is 0 Å². The predicted octanol–water partition coefficient (Wildman–Crippen LogP) is 3.94. The number of likely N-dealkylation sites (tertiary alicyclic amines) is 1. The molecule has 1 amide bonds. The van der Waals surface area contributed by atoms with Crippen molar-refractivity contribution in [1.29, 1.82) is 0 Å². The molecule has 7 nitrogen and oxygen atoms in total. The van der Waals surface area contributed by atoms with Crippen LogP contribution in [0.5, 0.6) is 5.75 Å². The van der Waals surface area contributed by atoms with Crippen molar-refractivity contribution in [3.05, 3.63) is 22.3 Å². The van der Waals surface area contributed by atoms with Crippen molar-refractivity contribution in [2.75, 3.05) is 19.7 Å². The van der Waals surface area contributed by atoms with Crippen molar-refractivity contribution in [3.8, 4) is 5.75 Å². The fraction of sp³-hybridized carbons (Fsp3) is 0.556. The minimum atomic E-state index is -0.895. The van der Waals surface area contributed by atoms with Crippen LogP contribution in [0.3, 0.4) is 0 Å². The van der Waals surface area contributed by atoms with Gasteiger partial charge in [0.2, 0.25) is 0 Å². The highest BCUT2D eigenvalue weighted by Gasteiger charge is 2.29. The summed E-state index contributed by atoms with van der Waals surface area (Å²) in [6.45, 7) is 3.63. The molecule has 0 saturated carbocycles. The highest BCUT2D eigenvalue weighted by molar-refractivity contribution is 9.10. The molecule has 140 valence electrons. The van der Waals surface area contributed by atoms with E-state index in [1.807, 2.05) is 23.7 Å². The molecule has 26 heavy (non-hydrogen) atoms. The summed E-state index contributed by atoms with van der Waals surface area (Å²) in [6.07, 6.45) is 2.79. The van der Waals surface area contributed by atoms with E-state index >= 15 is 0 Å². The Morgan fingerprint density at radius 1 is 1.38 bits per heavy atom. The van der Waals surface area contributed by atoms with Gasteiger partial charge in [-0.15, -0.1) is 0 Å². The van der Waals surface area contributed by atoms with E-state index in [4.69, 9.17) is 19.7 Å². The van der Waals surface area contributed by atoms with Gasteiger partial charge in [-0.05, 0) is 38.3 Å². The largest absolute Gasteiger partial charge is 0.488 e. The first kappa shape index (κ1) is 17.6. The number of carboxylic acid groups (broad SMARTS) is 1. The van der Waals surface area contributed by atoms with E-state index in [0.717, 1.165) is 52.7 Å². The molecule has 1 N–H and O–H groups in total. The molecule has 4 rings (SSSR count). The van der Waals surface area contributed by atoms with E-state index in [1.54, 1.807) is 0 Å². The van der Waals surface area contributed by atoms with Gasteiger partial charge < -0.3 is 19.5 Å². The minimum absolute atomic E-state index is 0.0453. The summed E-state index contributed by atoms with van der Waals surface area (Å²) in [5.74, 6) is 0.742. The summed E-state index contributed by atoms with van der Waals surface area (Å²) in [4.78, 5) is 12.5. The van der Waals surface area contributed by atoms with Crippen LogP contribution in [0.25, 0.3) is 10.9 Å². The highest BCUT2D eigenvalue weighted by atomic mass is 79.9. The number of benzene rings is 1. The molecule has 2 aromatic rings. The van der Waals surface area contributed by atoms with Crippen LogP contribution in [0.4, 0.5) is 4.79 Å². The molecule has 2 saturated heterocycles. The van der Waals surface area contributed by atoms with Gasteiger partial charge in [0.1, 0.15) is 11.9 Å². The van der Waals surface area contributed by atoms with Crippen LogP contribution in [0, 0.1) is 6.92 Å². The third kappa shape index (κ3) is 3.27. The lowest BCUT2D eigenvalue weighted by Crippen LogP contribution is -2.29. The average Bonchev–Trinajstić information content (AvgIpc) is 3.20. The maximum Gasteiger partial charge on any atom is 0.407 e. The van der Waals surface area contributed by atoms with E-state index in [1.165, 1.54) is 4.90 Å². The summed E-state index contributed by atoms with van der Waals surface area (Å²) in [7, 11) is 0. The van der Waals surface area contributed by atoms with Crippen LogP contribution in [-0.2, 0) is 4.74 Å². The number of hydrogen-bond donors (Lipinski definition) is 1. The van der Waals surface area contributed by atoms with E-state index in [0.29, 0.717) is 19.5 Å². The second kappa shape index (κ2) is 7.08. The van der Waals surface area contributed by atoms with Crippen LogP contribution in [0.1, 0.15) is 37.6 Å². The smallest absolute Gasteiger partial charge is 0.407 e. The zero-order valence-electron chi connectivity index (χ0n) is 14.7. The number of carbonyl (C=O) groups is 1.